The Kier molecular flexibility index (Phi) is 5.71. The number of nitriles is 1. The summed E-state index contributed by atoms with van der Waals surface area (Å²) in [6.07, 6.45) is 2.97. The minimum absolute atomic E-state index is 0.0645. The zero-order chi connectivity index (χ0) is 24.8. The van der Waals surface area contributed by atoms with E-state index in [9.17, 15) is 21.2 Å². The Hall–Kier alpha value is -3.53. The highest BCUT2D eigenvalue weighted by Gasteiger charge is 2.47. The molecule has 0 atom stereocenters. The summed E-state index contributed by atoms with van der Waals surface area (Å²) in [4.78, 5) is 4.10. The molecular weight excluding hydrogens is 495 g/mol. The molecule has 5 rings (SSSR count). The van der Waals surface area contributed by atoms with E-state index in [1.807, 2.05) is 6.07 Å². The molecule has 0 saturated carbocycles. The first-order valence-electron chi connectivity index (χ1n) is 10.6. The molecule has 1 fully saturated rings. The molecule has 0 N–H and O–H groups in total. The van der Waals surface area contributed by atoms with E-state index in [-0.39, 0.29) is 36.8 Å². The molecule has 12 heteroatoms. The minimum atomic E-state index is -3.93. The minimum Gasteiger partial charge on any atom is -0.489 e. The average Bonchev–Trinajstić information content (AvgIpc) is 2.82. The van der Waals surface area contributed by atoms with Crippen LogP contribution in [0.15, 0.2) is 65.8 Å². The second kappa shape index (κ2) is 8.60. The summed E-state index contributed by atoms with van der Waals surface area (Å²) in [5.74, 6) is -0.206. The van der Waals surface area contributed by atoms with E-state index in [0.717, 1.165) is 28.6 Å². The first-order chi connectivity index (χ1) is 16.7. The van der Waals surface area contributed by atoms with Crippen LogP contribution in [0.4, 0.5) is 10.1 Å². The lowest BCUT2D eigenvalue weighted by Gasteiger charge is -2.41. The standard InChI is InChI=1S/C23H19FN4O5S2/c24-18-5-7-19(8-6-18)34(29,30)27-14-20(15-27)35(31,32)28-9-10-33-23-21(12-26-13-22(23)28)17-3-1-16(11-25)2-4-17/h1-8,12-13,20H,9-10,14-15H2. The molecule has 9 nitrogen and oxygen atoms in total. The Balaban J connectivity index is 1.40. The van der Waals surface area contributed by atoms with Gasteiger partial charge in [0.1, 0.15) is 23.4 Å². The highest BCUT2D eigenvalue weighted by molar-refractivity contribution is 7.94. The summed E-state index contributed by atoms with van der Waals surface area (Å²) >= 11 is 0. The van der Waals surface area contributed by atoms with Gasteiger partial charge in [-0.15, -0.1) is 0 Å². The summed E-state index contributed by atoms with van der Waals surface area (Å²) in [6, 6.07) is 13.2. The molecule has 2 aliphatic heterocycles. The molecule has 0 radical (unpaired) electrons. The molecule has 3 aromatic rings. The van der Waals surface area contributed by atoms with E-state index in [2.05, 4.69) is 4.98 Å². The van der Waals surface area contributed by atoms with Crippen LogP contribution < -0.4 is 9.04 Å². The van der Waals surface area contributed by atoms with Gasteiger partial charge in [-0.05, 0) is 42.0 Å². The number of halogens is 1. The van der Waals surface area contributed by atoms with Crippen LogP contribution in [0.25, 0.3) is 11.1 Å². The van der Waals surface area contributed by atoms with E-state index in [1.54, 1.807) is 30.5 Å². The maximum absolute atomic E-state index is 13.5. The smallest absolute Gasteiger partial charge is 0.243 e. The van der Waals surface area contributed by atoms with Crippen LogP contribution in [0.3, 0.4) is 0 Å². The Morgan fingerprint density at radius 2 is 1.69 bits per heavy atom. The van der Waals surface area contributed by atoms with E-state index in [4.69, 9.17) is 10.00 Å². The van der Waals surface area contributed by atoms with Gasteiger partial charge in [0.15, 0.2) is 5.75 Å². The van der Waals surface area contributed by atoms with Gasteiger partial charge in [-0.2, -0.15) is 9.57 Å². The number of rotatable bonds is 5. The molecular formula is C23H19FN4O5S2. The number of anilines is 1. The lowest BCUT2D eigenvalue weighted by atomic mass is 10.0. The molecule has 0 bridgehead atoms. The van der Waals surface area contributed by atoms with Crippen molar-refractivity contribution in [3.8, 4) is 22.9 Å². The fourth-order valence-electron chi connectivity index (χ4n) is 4.03. The van der Waals surface area contributed by atoms with Gasteiger partial charge in [-0.25, -0.2) is 21.2 Å². The van der Waals surface area contributed by atoms with Crippen molar-refractivity contribution in [2.75, 3.05) is 30.5 Å². The maximum Gasteiger partial charge on any atom is 0.243 e. The summed E-state index contributed by atoms with van der Waals surface area (Å²) < 4.78 is 73.7. The van der Waals surface area contributed by atoms with Gasteiger partial charge in [0.05, 0.1) is 29.3 Å². The first kappa shape index (κ1) is 23.2. The van der Waals surface area contributed by atoms with Crippen LogP contribution in [0.1, 0.15) is 5.56 Å². The monoisotopic (exact) mass is 514 g/mol. The summed E-state index contributed by atoms with van der Waals surface area (Å²) in [5.41, 5.74) is 2.06. The number of fused-ring (bicyclic) bond motifs is 1. The largest absolute Gasteiger partial charge is 0.489 e. The van der Waals surface area contributed by atoms with Crippen molar-refractivity contribution in [1.82, 2.24) is 9.29 Å². The summed E-state index contributed by atoms with van der Waals surface area (Å²) in [7, 11) is -7.85. The third-order valence-electron chi connectivity index (χ3n) is 6.01. The normalized spacial score (nSPS) is 16.6. The van der Waals surface area contributed by atoms with Gasteiger partial charge in [0.25, 0.3) is 0 Å². The predicted octanol–water partition coefficient (Wildman–Crippen LogP) is 2.36. The molecule has 0 spiro atoms. The van der Waals surface area contributed by atoms with Crippen LogP contribution >= 0.6 is 0 Å². The van der Waals surface area contributed by atoms with Crippen LogP contribution in [-0.4, -0.2) is 57.6 Å². The highest BCUT2D eigenvalue weighted by Crippen LogP contribution is 2.42. The maximum atomic E-state index is 13.5. The Bertz CT molecular complexity index is 1530. The Labute approximate surface area is 202 Å². The number of nitrogens with zero attached hydrogens (tertiary/aromatic N) is 4. The van der Waals surface area contributed by atoms with Crippen LogP contribution in [0.5, 0.6) is 5.75 Å². The zero-order valence-electron chi connectivity index (χ0n) is 18.2. The number of pyridine rings is 1. The van der Waals surface area contributed by atoms with Crippen LogP contribution in [0.2, 0.25) is 0 Å². The van der Waals surface area contributed by atoms with Crippen LogP contribution in [-0.2, 0) is 20.0 Å². The van der Waals surface area contributed by atoms with E-state index >= 15 is 0 Å². The number of hydrogen-bond donors (Lipinski definition) is 0. The van der Waals surface area contributed by atoms with Gasteiger partial charge in [-0.1, -0.05) is 12.1 Å². The second-order valence-electron chi connectivity index (χ2n) is 8.09. The van der Waals surface area contributed by atoms with Gasteiger partial charge in [0.2, 0.25) is 20.0 Å². The van der Waals surface area contributed by atoms with Crippen molar-refractivity contribution in [2.45, 2.75) is 10.1 Å². The molecule has 3 heterocycles. The topological polar surface area (TPSA) is 121 Å². The fourth-order valence-corrected chi connectivity index (χ4v) is 7.58. The first-order valence-corrected chi connectivity index (χ1v) is 13.5. The molecule has 0 amide bonds. The molecule has 0 aliphatic carbocycles. The summed E-state index contributed by atoms with van der Waals surface area (Å²) in [6.45, 7) is -0.242. The molecule has 2 aromatic carbocycles. The molecule has 35 heavy (non-hydrogen) atoms. The second-order valence-corrected chi connectivity index (χ2v) is 12.2. The fraction of sp³-hybridized carbons (Fsp3) is 0.217. The Morgan fingerprint density at radius 3 is 2.34 bits per heavy atom. The van der Waals surface area contributed by atoms with Gasteiger partial charge < -0.3 is 4.74 Å². The molecule has 1 saturated heterocycles. The SMILES string of the molecule is N#Cc1ccc(-c2cncc3c2OCCN3S(=O)(=O)C2CN(S(=O)(=O)c3ccc(F)cc3)C2)cc1. The average molecular weight is 515 g/mol. The van der Waals surface area contributed by atoms with Crippen molar-refractivity contribution in [2.24, 2.45) is 0 Å². The Morgan fingerprint density at radius 1 is 1.00 bits per heavy atom. The summed E-state index contributed by atoms with van der Waals surface area (Å²) in [5, 5.41) is 8.08. The van der Waals surface area contributed by atoms with E-state index in [1.165, 1.54) is 10.5 Å². The number of sulfonamides is 2. The zero-order valence-corrected chi connectivity index (χ0v) is 19.8. The van der Waals surface area contributed by atoms with Crippen LogP contribution in [0, 0.1) is 17.1 Å². The lowest BCUT2D eigenvalue weighted by molar-refractivity contribution is 0.301. The third-order valence-corrected chi connectivity index (χ3v) is 9.99. The van der Waals surface area contributed by atoms with Crippen molar-refractivity contribution < 1.29 is 26.0 Å². The number of benzene rings is 2. The third kappa shape index (κ3) is 4.01. The molecule has 180 valence electrons. The van der Waals surface area contributed by atoms with E-state index in [0.29, 0.717) is 22.4 Å². The van der Waals surface area contributed by atoms with Gasteiger partial charge >= 0.3 is 0 Å². The molecule has 0 unspecified atom stereocenters. The van der Waals surface area contributed by atoms with Gasteiger partial charge in [-0.3, -0.25) is 9.29 Å². The number of aromatic nitrogens is 1. The van der Waals surface area contributed by atoms with E-state index < -0.39 is 31.1 Å². The van der Waals surface area contributed by atoms with Gasteiger partial charge in [0, 0.05) is 24.8 Å². The van der Waals surface area contributed by atoms with Crippen molar-refractivity contribution in [3.63, 3.8) is 0 Å². The van der Waals surface area contributed by atoms with Crippen molar-refractivity contribution >= 4 is 25.7 Å². The number of hydrogen-bond acceptors (Lipinski definition) is 7. The molecule has 1 aromatic heterocycles. The quantitative estimate of drug-likeness (QED) is 0.513. The van der Waals surface area contributed by atoms with Crippen molar-refractivity contribution in [1.29, 1.82) is 5.26 Å². The highest BCUT2D eigenvalue weighted by atomic mass is 32.2. The van der Waals surface area contributed by atoms with Crippen molar-refractivity contribution in [3.05, 3.63) is 72.3 Å². The predicted molar refractivity (Wildman–Crippen MR) is 125 cm³/mol. The molecule has 2 aliphatic rings. The number of ether oxygens (including phenoxy) is 1. The lowest BCUT2D eigenvalue weighted by Crippen LogP contribution is -2.60.